The average molecular weight is 306 g/mol. The Morgan fingerprint density at radius 2 is 1.79 bits per heavy atom. The number of thiophene rings is 1. The molecule has 2 aromatic carbocycles. The Bertz CT molecular complexity index is 510. The molecular weight excluding hydrogens is 292 g/mol. The minimum absolute atomic E-state index is 0. The van der Waals surface area contributed by atoms with Crippen LogP contribution in [0.2, 0.25) is 0 Å². The van der Waals surface area contributed by atoms with Gasteiger partial charge in [0.1, 0.15) is 0 Å². The molecule has 2 heteroatoms. The molecule has 0 bridgehead atoms. The number of rotatable bonds is 2. The van der Waals surface area contributed by atoms with Crippen LogP contribution >= 0.6 is 11.3 Å². The van der Waals surface area contributed by atoms with Crippen LogP contribution in [0, 0.1) is 0 Å². The third kappa shape index (κ3) is 6.24. The van der Waals surface area contributed by atoms with Gasteiger partial charge in [-0.2, -0.15) is 42.1 Å². The molecule has 0 spiro atoms. The van der Waals surface area contributed by atoms with Crippen molar-refractivity contribution in [2.24, 2.45) is 0 Å². The summed E-state index contributed by atoms with van der Waals surface area (Å²) >= 11 is 1.72. The van der Waals surface area contributed by atoms with Crippen LogP contribution in [0.1, 0.15) is 10.4 Å². The molecule has 0 aliphatic heterocycles. The monoisotopic (exact) mass is 306 g/mol. The Morgan fingerprint density at radius 3 is 2.32 bits per heavy atom. The van der Waals surface area contributed by atoms with E-state index >= 15 is 0 Å². The number of hydrogen-bond acceptors (Lipinski definition) is 1. The van der Waals surface area contributed by atoms with Gasteiger partial charge < -0.3 is 0 Å². The van der Waals surface area contributed by atoms with Gasteiger partial charge in [-0.3, -0.25) is 0 Å². The van der Waals surface area contributed by atoms with E-state index in [0.29, 0.717) is 0 Å². The predicted molar refractivity (Wildman–Crippen MR) is 80.8 cm³/mol. The van der Waals surface area contributed by atoms with Crippen molar-refractivity contribution in [2.45, 2.75) is 0 Å². The Hall–Kier alpha value is -1.56. The molecule has 0 nitrogen and oxygen atoms in total. The molecule has 0 N–H and O–H groups in total. The summed E-state index contributed by atoms with van der Waals surface area (Å²) in [6.07, 6.45) is 3.98. The van der Waals surface area contributed by atoms with E-state index in [4.69, 9.17) is 0 Å². The Balaban J connectivity index is 0.000000256. The summed E-state index contributed by atoms with van der Waals surface area (Å²) in [7, 11) is 0. The molecular formula is C17H14FeS. The summed E-state index contributed by atoms with van der Waals surface area (Å²) in [6.45, 7) is 0. The maximum Gasteiger partial charge on any atom is 2.00 e. The van der Waals surface area contributed by atoms with Crippen molar-refractivity contribution in [3.05, 3.63) is 88.3 Å². The largest absolute Gasteiger partial charge is 2.00 e. The van der Waals surface area contributed by atoms with Gasteiger partial charge in [0.2, 0.25) is 0 Å². The van der Waals surface area contributed by atoms with Gasteiger partial charge in [-0.05, 0) is 17.5 Å². The smallest absolute Gasteiger partial charge is 0.214 e. The van der Waals surface area contributed by atoms with Gasteiger partial charge in [-0.1, -0.05) is 12.1 Å². The molecule has 0 amide bonds. The summed E-state index contributed by atoms with van der Waals surface area (Å²) in [6, 6.07) is 22.3. The van der Waals surface area contributed by atoms with Crippen molar-refractivity contribution >= 4 is 23.5 Å². The third-order valence-electron chi connectivity index (χ3n) is 2.26. The van der Waals surface area contributed by atoms with Crippen LogP contribution in [0.4, 0.5) is 0 Å². The van der Waals surface area contributed by atoms with Crippen molar-refractivity contribution < 1.29 is 17.1 Å². The van der Waals surface area contributed by atoms with Crippen molar-refractivity contribution in [3.8, 4) is 0 Å². The SMILES string of the molecule is C(=Cc1ccc[cH-]1)=Cc1cccs1.[Fe+2].c1cc[cH-]c1. The van der Waals surface area contributed by atoms with Crippen LogP contribution < -0.4 is 0 Å². The number of hydrogen-bond donors (Lipinski definition) is 0. The molecule has 0 atom stereocenters. The van der Waals surface area contributed by atoms with Crippen LogP contribution in [-0.4, -0.2) is 0 Å². The van der Waals surface area contributed by atoms with Crippen LogP contribution in [0.5, 0.6) is 0 Å². The molecule has 3 aromatic rings. The fraction of sp³-hybridized carbons (Fsp3) is 0. The standard InChI is InChI=1S/C12H9S.C5H5.Fe/c1-2-6-11(5-1)7-3-8-12-9-4-10-13-12;1-2-4-5-3-1;/h1-2,4-10H;1-5H;/q2*-1;+2. The van der Waals surface area contributed by atoms with Crippen molar-refractivity contribution in [1.82, 2.24) is 0 Å². The molecule has 0 unspecified atom stereocenters. The van der Waals surface area contributed by atoms with E-state index in [0.717, 1.165) is 0 Å². The maximum absolute atomic E-state index is 3.15. The van der Waals surface area contributed by atoms with E-state index in [9.17, 15) is 0 Å². The average Bonchev–Trinajstić information content (AvgIpc) is 3.16. The van der Waals surface area contributed by atoms with Crippen LogP contribution in [0.15, 0.2) is 77.8 Å². The first kappa shape index (κ1) is 15.5. The first-order chi connectivity index (χ1) is 8.95. The van der Waals surface area contributed by atoms with E-state index in [-0.39, 0.29) is 17.1 Å². The fourth-order valence-corrected chi connectivity index (χ4v) is 2.01. The fourth-order valence-electron chi connectivity index (χ4n) is 1.40. The Morgan fingerprint density at radius 1 is 0.947 bits per heavy atom. The zero-order valence-electron chi connectivity index (χ0n) is 10.3. The van der Waals surface area contributed by atoms with Gasteiger partial charge >= 0.3 is 17.1 Å². The molecule has 1 heterocycles. The van der Waals surface area contributed by atoms with Gasteiger partial charge in [0.15, 0.2) is 0 Å². The summed E-state index contributed by atoms with van der Waals surface area (Å²) in [5.41, 5.74) is 4.35. The van der Waals surface area contributed by atoms with Crippen molar-refractivity contribution in [1.29, 1.82) is 0 Å². The van der Waals surface area contributed by atoms with Gasteiger partial charge in [0, 0.05) is 4.88 Å². The molecule has 0 aliphatic carbocycles. The Kier molecular flexibility index (Phi) is 7.65. The normalized spacial score (nSPS) is 8.42. The van der Waals surface area contributed by atoms with Gasteiger partial charge in [-0.15, -0.1) is 23.0 Å². The molecule has 96 valence electrons. The van der Waals surface area contributed by atoms with E-state index in [1.165, 1.54) is 10.4 Å². The molecule has 0 radical (unpaired) electrons. The summed E-state index contributed by atoms with van der Waals surface area (Å²) in [5, 5.41) is 2.07. The van der Waals surface area contributed by atoms with E-state index in [2.05, 4.69) is 29.3 Å². The van der Waals surface area contributed by atoms with Crippen LogP contribution in [0.3, 0.4) is 0 Å². The minimum atomic E-state index is 0. The molecule has 3 rings (SSSR count). The predicted octanol–water partition coefficient (Wildman–Crippen LogP) is 5.20. The van der Waals surface area contributed by atoms with Crippen molar-refractivity contribution in [3.63, 3.8) is 0 Å². The topological polar surface area (TPSA) is 0 Å². The third-order valence-corrected chi connectivity index (χ3v) is 3.08. The zero-order chi connectivity index (χ0) is 12.5. The minimum Gasteiger partial charge on any atom is -0.214 e. The van der Waals surface area contributed by atoms with Gasteiger partial charge in [0.25, 0.3) is 0 Å². The van der Waals surface area contributed by atoms with Gasteiger partial charge in [0.05, 0.1) is 0 Å². The second kappa shape index (κ2) is 9.38. The Labute approximate surface area is 128 Å². The summed E-state index contributed by atoms with van der Waals surface area (Å²) < 4.78 is 0. The van der Waals surface area contributed by atoms with E-state index < -0.39 is 0 Å². The van der Waals surface area contributed by atoms with Crippen LogP contribution in [0.25, 0.3) is 12.2 Å². The van der Waals surface area contributed by atoms with Crippen molar-refractivity contribution in [2.75, 3.05) is 0 Å². The first-order valence-electron chi connectivity index (χ1n) is 5.79. The first-order valence-corrected chi connectivity index (χ1v) is 6.67. The second-order valence-electron chi connectivity index (χ2n) is 3.65. The summed E-state index contributed by atoms with van der Waals surface area (Å²) in [5.74, 6) is 0. The van der Waals surface area contributed by atoms with Crippen LogP contribution in [-0.2, 0) is 17.1 Å². The molecule has 0 saturated carbocycles. The molecule has 0 aliphatic rings. The zero-order valence-corrected chi connectivity index (χ0v) is 12.3. The molecule has 0 fully saturated rings. The van der Waals surface area contributed by atoms with E-state index in [1.807, 2.05) is 60.7 Å². The van der Waals surface area contributed by atoms with Gasteiger partial charge in [-0.25, -0.2) is 12.1 Å². The quantitative estimate of drug-likeness (QED) is 0.347. The maximum atomic E-state index is 3.15. The molecule has 0 saturated heterocycles. The van der Waals surface area contributed by atoms with E-state index in [1.54, 1.807) is 11.3 Å². The summed E-state index contributed by atoms with van der Waals surface area (Å²) in [4.78, 5) is 1.24. The molecule has 19 heavy (non-hydrogen) atoms. The molecule has 1 aromatic heterocycles. The second-order valence-corrected chi connectivity index (χ2v) is 4.63.